The van der Waals surface area contributed by atoms with Gasteiger partial charge in [0.05, 0.1) is 5.56 Å². The second-order valence-electron chi connectivity index (χ2n) is 5.71. The Morgan fingerprint density at radius 1 is 1.43 bits per heavy atom. The van der Waals surface area contributed by atoms with Crippen LogP contribution in [0.2, 0.25) is 0 Å². The zero-order valence-corrected chi connectivity index (χ0v) is 12.7. The third kappa shape index (κ3) is 4.19. The van der Waals surface area contributed by atoms with Crippen molar-refractivity contribution in [2.45, 2.75) is 52.0 Å². The Balaban J connectivity index is 1.99. The molecular formula is C16H22N4O. The number of hydrogen-bond donors (Lipinski definition) is 2. The first-order chi connectivity index (χ1) is 10.1. The maximum Gasteiger partial charge on any atom is 0.221 e. The third-order valence-electron chi connectivity index (χ3n) is 3.52. The Kier molecular flexibility index (Phi) is 5.15. The molecule has 2 N–H and O–H groups in total. The lowest BCUT2D eigenvalue weighted by Gasteiger charge is -2.17. The Morgan fingerprint density at radius 2 is 2.19 bits per heavy atom. The van der Waals surface area contributed by atoms with E-state index >= 15 is 0 Å². The van der Waals surface area contributed by atoms with Crippen LogP contribution in [0.3, 0.4) is 0 Å². The van der Waals surface area contributed by atoms with Gasteiger partial charge in [0.2, 0.25) is 5.91 Å². The minimum atomic E-state index is 0.00830. The number of carbonyl (C=O) groups is 1. The first-order valence-corrected chi connectivity index (χ1v) is 7.56. The van der Waals surface area contributed by atoms with Gasteiger partial charge in [-0.3, -0.25) is 4.79 Å². The highest BCUT2D eigenvalue weighted by molar-refractivity contribution is 5.76. The van der Waals surface area contributed by atoms with E-state index in [1.807, 2.05) is 19.9 Å². The number of hydrogen-bond acceptors (Lipinski definition) is 4. The van der Waals surface area contributed by atoms with Gasteiger partial charge in [0, 0.05) is 24.7 Å². The van der Waals surface area contributed by atoms with E-state index in [2.05, 4.69) is 21.7 Å². The second-order valence-corrected chi connectivity index (χ2v) is 5.71. The van der Waals surface area contributed by atoms with Gasteiger partial charge in [-0.15, -0.1) is 0 Å². The van der Waals surface area contributed by atoms with Crippen LogP contribution in [-0.4, -0.2) is 23.5 Å². The minimum absolute atomic E-state index is 0.00830. The van der Waals surface area contributed by atoms with Crippen molar-refractivity contribution in [3.8, 4) is 6.07 Å². The van der Waals surface area contributed by atoms with Gasteiger partial charge in [0.15, 0.2) is 0 Å². The second kappa shape index (κ2) is 7.07. The molecule has 21 heavy (non-hydrogen) atoms. The van der Waals surface area contributed by atoms with E-state index in [4.69, 9.17) is 0 Å². The van der Waals surface area contributed by atoms with Gasteiger partial charge in [-0.2, -0.15) is 5.26 Å². The van der Waals surface area contributed by atoms with Crippen molar-refractivity contribution in [1.82, 2.24) is 10.3 Å². The van der Waals surface area contributed by atoms with Crippen molar-refractivity contribution < 1.29 is 4.79 Å². The molecule has 5 heteroatoms. The third-order valence-corrected chi connectivity index (χ3v) is 3.52. The molecule has 0 saturated heterocycles. The molecule has 1 aromatic rings. The van der Waals surface area contributed by atoms with Crippen LogP contribution in [0.25, 0.3) is 0 Å². The van der Waals surface area contributed by atoms with Crippen LogP contribution in [-0.2, 0) is 17.6 Å². The fourth-order valence-corrected chi connectivity index (χ4v) is 2.54. The smallest absolute Gasteiger partial charge is 0.221 e. The van der Waals surface area contributed by atoms with Crippen molar-refractivity contribution in [3.63, 3.8) is 0 Å². The lowest BCUT2D eigenvalue weighted by atomic mass is 9.95. The first-order valence-electron chi connectivity index (χ1n) is 7.56. The lowest BCUT2D eigenvalue weighted by Crippen LogP contribution is -2.31. The van der Waals surface area contributed by atoms with Gasteiger partial charge >= 0.3 is 0 Å². The summed E-state index contributed by atoms with van der Waals surface area (Å²) in [6, 6.07) is 4.28. The molecule has 1 amide bonds. The maximum atomic E-state index is 11.6. The summed E-state index contributed by atoms with van der Waals surface area (Å²) >= 11 is 0. The van der Waals surface area contributed by atoms with Gasteiger partial charge < -0.3 is 10.6 Å². The van der Waals surface area contributed by atoms with Gasteiger partial charge in [-0.05, 0) is 51.2 Å². The molecule has 1 aliphatic carbocycles. The average molecular weight is 286 g/mol. The summed E-state index contributed by atoms with van der Waals surface area (Å²) in [7, 11) is 0. The summed E-state index contributed by atoms with van der Waals surface area (Å²) in [5, 5.41) is 15.2. The summed E-state index contributed by atoms with van der Waals surface area (Å²) in [4.78, 5) is 16.2. The molecule has 0 unspecified atom stereocenters. The van der Waals surface area contributed by atoms with Crippen molar-refractivity contribution in [2.75, 3.05) is 11.9 Å². The van der Waals surface area contributed by atoms with Crippen molar-refractivity contribution >= 4 is 11.7 Å². The number of rotatable bonds is 5. The summed E-state index contributed by atoms with van der Waals surface area (Å²) in [6.45, 7) is 4.35. The zero-order valence-electron chi connectivity index (χ0n) is 12.7. The summed E-state index contributed by atoms with van der Waals surface area (Å²) in [6.07, 6.45) is 4.68. The van der Waals surface area contributed by atoms with E-state index in [0.717, 1.165) is 25.0 Å². The number of nitriles is 1. The maximum absolute atomic E-state index is 11.6. The number of anilines is 1. The molecule has 0 radical (unpaired) electrons. The summed E-state index contributed by atoms with van der Waals surface area (Å²) in [5.41, 5.74) is 2.86. The molecule has 0 bridgehead atoms. The fraction of sp³-hybridized carbons (Fsp3) is 0.562. The van der Waals surface area contributed by atoms with Crippen LogP contribution in [0.1, 0.15) is 49.9 Å². The zero-order chi connectivity index (χ0) is 15.2. The highest BCUT2D eigenvalue weighted by Gasteiger charge is 2.15. The minimum Gasteiger partial charge on any atom is -0.368 e. The molecule has 5 nitrogen and oxygen atoms in total. The Bertz CT molecular complexity index is 560. The quantitative estimate of drug-likeness (QED) is 0.869. The van der Waals surface area contributed by atoms with E-state index in [-0.39, 0.29) is 11.9 Å². The number of fused-ring (bicyclic) bond motifs is 1. The highest BCUT2D eigenvalue weighted by atomic mass is 16.1. The number of nitrogens with zero attached hydrogens (tertiary/aromatic N) is 2. The molecule has 0 fully saturated rings. The van der Waals surface area contributed by atoms with E-state index in [1.165, 1.54) is 12.0 Å². The molecule has 0 saturated carbocycles. The standard InChI is InChI=1S/C16H22N4O/c1-11(2)19-15(21)7-8-18-16-13(10-17)9-12-5-3-4-6-14(12)20-16/h9,11H,3-8H2,1-2H3,(H,18,20)(H,19,21). The van der Waals surface area contributed by atoms with Gasteiger partial charge in [-0.25, -0.2) is 4.98 Å². The molecular weight excluding hydrogens is 264 g/mol. The molecule has 0 aliphatic heterocycles. The predicted molar refractivity (Wildman–Crippen MR) is 82.0 cm³/mol. The van der Waals surface area contributed by atoms with E-state index < -0.39 is 0 Å². The normalized spacial score (nSPS) is 13.4. The molecule has 0 atom stereocenters. The van der Waals surface area contributed by atoms with Crippen LogP contribution >= 0.6 is 0 Å². The average Bonchev–Trinajstić information content (AvgIpc) is 2.45. The SMILES string of the molecule is CC(C)NC(=O)CCNc1nc2c(cc1C#N)CCCC2. The van der Waals surface area contributed by atoms with E-state index in [1.54, 1.807) is 0 Å². The van der Waals surface area contributed by atoms with Crippen molar-refractivity contribution in [3.05, 3.63) is 22.9 Å². The van der Waals surface area contributed by atoms with Gasteiger partial charge in [0.25, 0.3) is 0 Å². The fourth-order valence-electron chi connectivity index (χ4n) is 2.54. The van der Waals surface area contributed by atoms with Crippen LogP contribution in [0.5, 0.6) is 0 Å². The van der Waals surface area contributed by atoms with Crippen molar-refractivity contribution in [2.24, 2.45) is 0 Å². The van der Waals surface area contributed by atoms with Crippen LogP contribution in [0.4, 0.5) is 5.82 Å². The predicted octanol–water partition coefficient (Wildman–Crippen LogP) is 2.16. The van der Waals surface area contributed by atoms with Gasteiger partial charge in [-0.1, -0.05) is 0 Å². The van der Waals surface area contributed by atoms with E-state index in [0.29, 0.717) is 24.3 Å². The molecule has 0 spiro atoms. The van der Waals surface area contributed by atoms with Crippen LogP contribution < -0.4 is 10.6 Å². The van der Waals surface area contributed by atoms with Crippen LogP contribution in [0, 0.1) is 11.3 Å². The monoisotopic (exact) mass is 286 g/mol. The molecule has 1 heterocycles. The Hall–Kier alpha value is -2.09. The largest absolute Gasteiger partial charge is 0.368 e. The van der Waals surface area contributed by atoms with Crippen LogP contribution in [0.15, 0.2) is 6.07 Å². The number of aryl methyl sites for hydroxylation is 2. The number of pyridine rings is 1. The summed E-state index contributed by atoms with van der Waals surface area (Å²) < 4.78 is 0. The first kappa shape index (κ1) is 15.3. The molecule has 2 rings (SSSR count). The number of aromatic nitrogens is 1. The Labute approximate surface area is 125 Å². The summed E-state index contributed by atoms with van der Waals surface area (Å²) in [5.74, 6) is 0.615. The lowest BCUT2D eigenvalue weighted by molar-refractivity contribution is -0.121. The van der Waals surface area contributed by atoms with Gasteiger partial charge in [0.1, 0.15) is 11.9 Å². The van der Waals surface area contributed by atoms with Crippen molar-refractivity contribution in [1.29, 1.82) is 5.26 Å². The number of amides is 1. The molecule has 0 aromatic carbocycles. The molecule has 1 aromatic heterocycles. The number of carbonyl (C=O) groups excluding carboxylic acids is 1. The topological polar surface area (TPSA) is 77.8 Å². The van der Waals surface area contributed by atoms with E-state index in [9.17, 15) is 10.1 Å². The molecule has 112 valence electrons. The Morgan fingerprint density at radius 3 is 2.90 bits per heavy atom. The highest BCUT2D eigenvalue weighted by Crippen LogP contribution is 2.24. The molecule has 1 aliphatic rings. The number of nitrogens with one attached hydrogen (secondary N) is 2.